The molecule has 0 saturated heterocycles. The number of rotatable bonds is 4. The van der Waals surface area contributed by atoms with Gasteiger partial charge in [-0.2, -0.15) is 0 Å². The maximum Gasteiger partial charge on any atom is 0.311 e. The molecule has 0 atom stereocenters. The van der Waals surface area contributed by atoms with Crippen molar-refractivity contribution < 1.29 is 14.8 Å². The number of nitro groups is 1. The van der Waals surface area contributed by atoms with Gasteiger partial charge in [0.25, 0.3) is 0 Å². The average Bonchev–Trinajstić information content (AvgIpc) is 2.41. The molecule has 2 rings (SSSR count). The van der Waals surface area contributed by atoms with Gasteiger partial charge in [0.2, 0.25) is 5.75 Å². The number of nitro benzene ring substituents is 1. The predicted octanol–water partition coefficient (Wildman–Crippen LogP) is 3.53. The number of ether oxygens (including phenoxy) is 1. The molecular formula is C13H10ClNO4. The molecule has 0 spiro atoms. The second-order valence-electron chi connectivity index (χ2n) is 3.75. The Morgan fingerprint density at radius 2 is 1.95 bits per heavy atom. The Kier molecular flexibility index (Phi) is 3.99. The number of hydrogen-bond acceptors (Lipinski definition) is 4. The van der Waals surface area contributed by atoms with Gasteiger partial charge < -0.3 is 9.84 Å². The van der Waals surface area contributed by atoms with Crippen molar-refractivity contribution in [3.05, 3.63) is 63.2 Å². The first-order valence-corrected chi connectivity index (χ1v) is 5.80. The summed E-state index contributed by atoms with van der Waals surface area (Å²) in [6.07, 6.45) is 0. The van der Waals surface area contributed by atoms with Crippen molar-refractivity contribution in [3.63, 3.8) is 0 Å². The fourth-order valence-corrected chi connectivity index (χ4v) is 1.78. The van der Waals surface area contributed by atoms with Crippen molar-refractivity contribution in [3.8, 4) is 11.5 Å². The number of nitrogens with zero attached hydrogens (tertiary/aromatic N) is 1. The summed E-state index contributed by atoms with van der Waals surface area (Å²) in [7, 11) is 0. The van der Waals surface area contributed by atoms with E-state index in [9.17, 15) is 10.1 Å². The maximum atomic E-state index is 10.9. The molecular weight excluding hydrogens is 270 g/mol. The molecule has 0 saturated carbocycles. The van der Waals surface area contributed by atoms with E-state index >= 15 is 0 Å². The Morgan fingerprint density at radius 1 is 1.21 bits per heavy atom. The van der Waals surface area contributed by atoms with Crippen LogP contribution in [0.1, 0.15) is 5.56 Å². The summed E-state index contributed by atoms with van der Waals surface area (Å²) in [5.41, 5.74) is 0.504. The monoisotopic (exact) mass is 279 g/mol. The second kappa shape index (κ2) is 5.69. The van der Waals surface area contributed by atoms with Crippen molar-refractivity contribution in [1.29, 1.82) is 0 Å². The van der Waals surface area contributed by atoms with Gasteiger partial charge in [0.15, 0.2) is 0 Å². The zero-order chi connectivity index (χ0) is 13.8. The van der Waals surface area contributed by atoms with E-state index in [0.29, 0.717) is 11.3 Å². The second-order valence-corrected chi connectivity index (χ2v) is 4.16. The first-order chi connectivity index (χ1) is 9.11. The Balaban J connectivity index is 2.34. The molecule has 19 heavy (non-hydrogen) atoms. The Labute approximate surface area is 114 Å². The predicted molar refractivity (Wildman–Crippen MR) is 70.5 cm³/mol. The van der Waals surface area contributed by atoms with Gasteiger partial charge in [0, 0.05) is 6.07 Å². The molecule has 2 aromatic rings. The van der Waals surface area contributed by atoms with Crippen LogP contribution in [0.3, 0.4) is 0 Å². The minimum Gasteiger partial charge on any atom is -0.449 e. The van der Waals surface area contributed by atoms with E-state index < -0.39 is 4.92 Å². The lowest BCUT2D eigenvalue weighted by Gasteiger charge is -2.08. The SMILES string of the molecule is O=[N+]([O-])c1ccccc1Oc1ccc(CO)cc1Cl. The molecule has 0 fully saturated rings. The van der Waals surface area contributed by atoms with E-state index in [-0.39, 0.29) is 23.1 Å². The van der Waals surface area contributed by atoms with Crippen LogP contribution in [0.25, 0.3) is 0 Å². The van der Waals surface area contributed by atoms with E-state index in [1.165, 1.54) is 12.1 Å². The third-order valence-corrected chi connectivity index (χ3v) is 2.76. The molecule has 6 heteroatoms. The Bertz CT molecular complexity index is 615. The number of aliphatic hydroxyl groups excluding tert-OH is 1. The van der Waals surface area contributed by atoms with Crippen LogP contribution in [-0.2, 0) is 6.61 Å². The van der Waals surface area contributed by atoms with Crippen molar-refractivity contribution in [1.82, 2.24) is 0 Å². The minimum absolute atomic E-state index is 0.117. The smallest absolute Gasteiger partial charge is 0.311 e. The fraction of sp³-hybridized carbons (Fsp3) is 0.0769. The third-order valence-electron chi connectivity index (χ3n) is 2.46. The highest BCUT2D eigenvalue weighted by Gasteiger charge is 2.15. The van der Waals surface area contributed by atoms with Crippen molar-refractivity contribution >= 4 is 17.3 Å². The fourth-order valence-electron chi connectivity index (χ4n) is 1.54. The van der Waals surface area contributed by atoms with Gasteiger partial charge in [0.05, 0.1) is 16.6 Å². The van der Waals surface area contributed by atoms with Crippen molar-refractivity contribution in [2.75, 3.05) is 0 Å². The van der Waals surface area contributed by atoms with Gasteiger partial charge in [-0.1, -0.05) is 29.8 Å². The normalized spacial score (nSPS) is 10.2. The van der Waals surface area contributed by atoms with Crippen LogP contribution in [0, 0.1) is 10.1 Å². The Morgan fingerprint density at radius 3 is 2.58 bits per heavy atom. The van der Waals surface area contributed by atoms with Gasteiger partial charge in [-0.15, -0.1) is 0 Å². The van der Waals surface area contributed by atoms with Gasteiger partial charge in [-0.3, -0.25) is 10.1 Å². The first kappa shape index (κ1) is 13.3. The average molecular weight is 280 g/mol. The van der Waals surface area contributed by atoms with Crippen LogP contribution < -0.4 is 4.74 Å². The van der Waals surface area contributed by atoms with Gasteiger partial charge in [0.1, 0.15) is 5.75 Å². The highest BCUT2D eigenvalue weighted by atomic mass is 35.5. The van der Waals surface area contributed by atoms with Crippen LogP contribution in [0.5, 0.6) is 11.5 Å². The summed E-state index contributed by atoms with van der Waals surface area (Å²) in [4.78, 5) is 10.3. The highest BCUT2D eigenvalue weighted by molar-refractivity contribution is 6.32. The van der Waals surface area contributed by atoms with Crippen LogP contribution in [0.2, 0.25) is 5.02 Å². The lowest BCUT2D eigenvalue weighted by atomic mass is 10.2. The molecule has 0 aromatic heterocycles. The number of halogens is 1. The van der Waals surface area contributed by atoms with Crippen LogP contribution in [-0.4, -0.2) is 10.0 Å². The summed E-state index contributed by atoms with van der Waals surface area (Å²) in [5, 5.41) is 20.1. The molecule has 0 aliphatic carbocycles. The lowest BCUT2D eigenvalue weighted by molar-refractivity contribution is -0.385. The summed E-state index contributed by atoms with van der Waals surface area (Å²) in [5.74, 6) is 0.416. The summed E-state index contributed by atoms with van der Waals surface area (Å²) in [6, 6.07) is 10.8. The molecule has 0 bridgehead atoms. The summed E-state index contributed by atoms with van der Waals surface area (Å²) >= 11 is 5.98. The maximum absolute atomic E-state index is 10.9. The van der Waals surface area contributed by atoms with E-state index in [0.717, 1.165) is 0 Å². The molecule has 2 aromatic carbocycles. The Hall–Kier alpha value is -2.11. The van der Waals surface area contributed by atoms with Gasteiger partial charge in [-0.05, 0) is 23.8 Å². The zero-order valence-corrected chi connectivity index (χ0v) is 10.5. The summed E-state index contributed by atoms with van der Waals surface area (Å²) in [6.45, 7) is -0.133. The number of hydrogen-bond donors (Lipinski definition) is 1. The van der Waals surface area contributed by atoms with Crippen LogP contribution >= 0.6 is 11.6 Å². The topological polar surface area (TPSA) is 72.6 Å². The standard InChI is InChI=1S/C13H10ClNO4/c14-10-7-9(8-16)5-6-12(10)19-13-4-2-1-3-11(13)15(17)18/h1-7,16H,8H2. The molecule has 0 aliphatic heterocycles. The number of benzene rings is 2. The largest absolute Gasteiger partial charge is 0.449 e. The molecule has 5 nitrogen and oxygen atoms in total. The molecule has 1 N–H and O–H groups in total. The van der Waals surface area contributed by atoms with E-state index in [1.54, 1.807) is 30.3 Å². The van der Waals surface area contributed by atoms with Crippen LogP contribution in [0.4, 0.5) is 5.69 Å². The molecule has 98 valence electrons. The van der Waals surface area contributed by atoms with E-state index in [4.69, 9.17) is 21.4 Å². The quantitative estimate of drug-likeness (QED) is 0.686. The van der Waals surface area contributed by atoms with Gasteiger partial charge >= 0.3 is 5.69 Å². The van der Waals surface area contributed by atoms with Crippen LogP contribution in [0.15, 0.2) is 42.5 Å². The zero-order valence-electron chi connectivity index (χ0n) is 9.75. The van der Waals surface area contributed by atoms with E-state index in [1.807, 2.05) is 0 Å². The molecule has 0 aliphatic rings. The number of para-hydroxylation sites is 2. The third kappa shape index (κ3) is 3.01. The highest BCUT2D eigenvalue weighted by Crippen LogP contribution is 2.34. The molecule has 0 heterocycles. The summed E-state index contributed by atoms with van der Waals surface area (Å²) < 4.78 is 5.45. The van der Waals surface area contributed by atoms with Crippen molar-refractivity contribution in [2.45, 2.75) is 6.61 Å². The van der Waals surface area contributed by atoms with Gasteiger partial charge in [-0.25, -0.2) is 0 Å². The van der Waals surface area contributed by atoms with E-state index in [2.05, 4.69) is 0 Å². The molecule has 0 unspecified atom stereocenters. The number of aliphatic hydroxyl groups is 1. The molecule has 0 amide bonds. The first-order valence-electron chi connectivity index (χ1n) is 5.42. The lowest BCUT2D eigenvalue weighted by Crippen LogP contribution is -1.94. The molecule has 0 radical (unpaired) electrons. The minimum atomic E-state index is -0.522. The van der Waals surface area contributed by atoms with Crippen molar-refractivity contribution in [2.24, 2.45) is 0 Å².